The van der Waals surface area contributed by atoms with Crippen molar-refractivity contribution in [1.82, 2.24) is 0 Å². The third-order valence-corrected chi connectivity index (χ3v) is 3.63. The number of rotatable bonds is 4. The molecule has 6 heteroatoms. The van der Waals surface area contributed by atoms with Gasteiger partial charge in [0.25, 0.3) is 5.91 Å². The smallest absolute Gasteiger partial charge is 0.250 e. The average molecular weight is 319 g/mol. The summed E-state index contributed by atoms with van der Waals surface area (Å²) in [7, 11) is 0. The van der Waals surface area contributed by atoms with Gasteiger partial charge in [0.05, 0.1) is 12.2 Å². The molecule has 0 spiro atoms. The van der Waals surface area contributed by atoms with Crippen molar-refractivity contribution in [2.45, 2.75) is 13.2 Å². The number of para-hydroxylation sites is 1. The first-order valence-electron chi connectivity index (χ1n) is 6.79. The van der Waals surface area contributed by atoms with E-state index >= 15 is 0 Å². The molecule has 1 amide bonds. The van der Waals surface area contributed by atoms with Gasteiger partial charge in [-0.1, -0.05) is 23.7 Å². The molecule has 0 aliphatic carbocycles. The molecule has 0 aromatic heterocycles. The molecule has 22 heavy (non-hydrogen) atoms. The molecule has 0 radical (unpaired) electrons. The largest absolute Gasteiger partial charge is 0.467 e. The number of halogens is 1. The minimum absolute atomic E-state index is 0.222. The highest BCUT2D eigenvalue weighted by atomic mass is 35.5. The molecule has 2 aromatic carbocycles. The second-order valence-corrected chi connectivity index (χ2v) is 5.36. The van der Waals surface area contributed by atoms with Crippen LogP contribution in [0.25, 0.3) is 0 Å². The predicted octanol–water partition coefficient (Wildman–Crippen LogP) is 2.92. The Hall–Kier alpha value is -2.24. The van der Waals surface area contributed by atoms with Gasteiger partial charge >= 0.3 is 0 Å². The highest BCUT2D eigenvalue weighted by molar-refractivity contribution is 6.30. The number of ether oxygens (including phenoxy) is 2. The molecule has 0 bridgehead atoms. The van der Waals surface area contributed by atoms with Crippen LogP contribution < -0.4 is 15.8 Å². The van der Waals surface area contributed by atoms with E-state index in [1.54, 1.807) is 18.2 Å². The molecule has 0 saturated heterocycles. The summed E-state index contributed by atoms with van der Waals surface area (Å²) >= 11 is 6.13. The van der Waals surface area contributed by atoms with Gasteiger partial charge in [-0.05, 0) is 24.3 Å². The number of amides is 1. The number of benzene rings is 2. The van der Waals surface area contributed by atoms with Crippen LogP contribution in [0.1, 0.15) is 21.5 Å². The Morgan fingerprint density at radius 1 is 1.32 bits per heavy atom. The first-order valence-corrected chi connectivity index (χ1v) is 7.17. The van der Waals surface area contributed by atoms with Gasteiger partial charge in [-0.2, -0.15) is 0 Å². The number of primary amides is 1. The zero-order valence-corrected chi connectivity index (χ0v) is 12.5. The molecule has 1 aliphatic rings. The fraction of sp³-hybridized carbons (Fsp3) is 0.188. The van der Waals surface area contributed by atoms with Crippen LogP contribution in [0.3, 0.4) is 0 Å². The molecule has 1 heterocycles. The Kier molecular flexibility index (Phi) is 4.18. The fourth-order valence-electron chi connectivity index (χ4n) is 2.43. The molecule has 114 valence electrons. The van der Waals surface area contributed by atoms with Crippen molar-refractivity contribution < 1.29 is 14.3 Å². The van der Waals surface area contributed by atoms with Gasteiger partial charge in [0.15, 0.2) is 6.79 Å². The number of anilines is 1. The lowest BCUT2D eigenvalue weighted by Gasteiger charge is -2.21. The lowest BCUT2D eigenvalue weighted by molar-refractivity contribution is -0.0169. The second kappa shape index (κ2) is 6.25. The Labute approximate surface area is 133 Å². The van der Waals surface area contributed by atoms with Crippen LogP contribution in [0.5, 0.6) is 5.75 Å². The van der Waals surface area contributed by atoms with E-state index in [9.17, 15) is 4.79 Å². The first-order chi connectivity index (χ1) is 10.6. The molecule has 0 atom stereocenters. The van der Waals surface area contributed by atoms with Crippen LogP contribution in [-0.2, 0) is 17.9 Å². The third kappa shape index (κ3) is 3.00. The number of hydrogen-bond donors (Lipinski definition) is 2. The molecular weight excluding hydrogens is 304 g/mol. The zero-order valence-electron chi connectivity index (χ0n) is 11.8. The van der Waals surface area contributed by atoms with Gasteiger partial charge in [-0.15, -0.1) is 0 Å². The van der Waals surface area contributed by atoms with Crippen molar-refractivity contribution in [3.63, 3.8) is 0 Å². The first kappa shape index (κ1) is 14.7. The summed E-state index contributed by atoms with van der Waals surface area (Å²) in [6.07, 6.45) is 0. The van der Waals surface area contributed by atoms with Crippen molar-refractivity contribution in [2.24, 2.45) is 5.73 Å². The number of nitrogens with two attached hydrogens (primary N) is 1. The Bertz CT molecular complexity index is 719. The van der Waals surface area contributed by atoms with Crippen LogP contribution in [0.2, 0.25) is 5.02 Å². The summed E-state index contributed by atoms with van der Waals surface area (Å²) in [5.41, 5.74) is 8.32. The van der Waals surface area contributed by atoms with Crippen molar-refractivity contribution in [3.05, 3.63) is 58.1 Å². The SMILES string of the molecule is NC(=O)c1ccccc1NCc1cc(Cl)cc2c1OCOC2. The highest BCUT2D eigenvalue weighted by Crippen LogP contribution is 2.32. The molecule has 2 aromatic rings. The lowest BCUT2D eigenvalue weighted by atomic mass is 10.1. The van der Waals surface area contributed by atoms with E-state index in [0.29, 0.717) is 29.4 Å². The summed E-state index contributed by atoms with van der Waals surface area (Å²) in [5, 5.41) is 3.83. The number of hydrogen-bond acceptors (Lipinski definition) is 4. The second-order valence-electron chi connectivity index (χ2n) is 4.93. The minimum Gasteiger partial charge on any atom is -0.467 e. The van der Waals surface area contributed by atoms with Gasteiger partial charge in [0.2, 0.25) is 0 Å². The Morgan fingerprint density at radius 3 is 2.95 bits per heavy atom. The summed E-state index contributed by atoms with van der Waals surface area (Å²) < 4.78 is 10.8. The topological polar surface area (TPSA) is 73.6 Å². The Balaban J connectivity index is 1.86. The van der Waals surface area contributed by atoms with Crippen LogP contribution in [0.15, 0.2) is 36.4 Å². The minimum atomic E-state index is -0.471. The molecule has 3 rings (SSSR count). The summed E-state index contributed by atoms with van der Waals surface area (Å²) in [4.78, 5) is 11.4. The van der Waals surface area contributed by atoms with Crippen molar-refractivity contribution >= 4 is 23.2 Å². The van der Waals surface area contributed by atoms with E-state index in [-0.39, 0.29) is 6.79 Å². The average Bonchev–Trinajstić information content (AvgIpc) is 2.52. The van der Waals surface area contributed by atoms with Crippen molar-refractivity contribution in [2.75, 3.05) is 12.1 Å². The van der Waals surface area contributed by atoms with Gasteiger partial charge < -0.3 is 20.5 Å². The van der Waals surface area contributed by atoms with E-state index in [1.165, 1.54) is 0 Å². The van der Waals surface area contributed by atoms with Crippen LogP contribution in [-0.4, -0.2) is 12.7 Å². The zero-order chi connectivity index (χ0) is 15.5. The molecule has 0 fully saturated rings. The standard InChI is InChI=1S/C16H15ClN2O3/c17-12-5-10(15-11(6-12)8-21-9-22-15)7-19-14-4-2-1-3-13(14)16(18)20/h1-6,19H,7-9H2,(H2,18,20). The predicted molar refractivity (Wildman–Crippen MR) is 84.0 cm³/mol. The van der Waals surface area contributed by atoms with E-state index in [1.807, 2.05) is 18.2 Å². The van der Waals surface area contributed by atoms with E-state index in [0.717, 1.165) is 16.9 Å². The fourth-order valence-corrected chi connectivity index (χ4v) is 2.69. The molecular formula is C16H15ClN2O3. The third-order valence-electron chi connectivity index (χ3n) is 3.41. The lowest BCUT2D eigenvalue weighted by Crippen LogP contribution is -2.16. The summed E-state index contributed by atoms with van der Waals surface area (Å²) in [5.74, 6) is 0.306. The van der Waals surface area contributed by atoms with Gasteiger partial charge in [0, 0.05) is 28.4 Å². The van der Waals surface area contributed by atoms with Crippen molar-refractivity contribution in [3.8, 4) is 5.75 Å². The van der Waals surface area contributed by atoms with Crippen molar-refractivity contribution in [1.29, 1.82) is 0 Å². The normalized spacial score (nSPS) is 13.1. The van der Waals surface area contributed by atoms with Crippen LogP contribution in [0, 0.1) is 0 Å². The molecule has 0 unspecified atom stereocenters. The Morgan fingerprint density at radius 2 is 2.14 bits per heavy atom. The highest BCUT2D eigenvalue weighted by Gasteiger charge is 2.16. The summed E-state index contributed by atoms with van der Waals surface area (Å²) in [6, 6.07) is 10.8. The van der Waals surface area contributed by atoms with E-state index in [2.05, 4.69) is 5.32 Å². The van der Waals surface area contributed by atoms with Gasteiger partial charge in [0.1, 0.15) is 5.75 Å². The quantitative estimate of drug-likeness (QED) is 0.909. The maximum atomic E-state index is 11.4. The number of carbonyl (C=O) groups is 1. The molecule has 5 nitrogen and oxygen atoms in total. The van der Waals surface area contributed by atoms with Crippen LogP contribution in [0.4, 0.5) is 5.69 Å². The number of carbonyl (C=O) groups excluding carboxylic acids is 1. The maximum absolute atomic E-state index is 11.4. The molecule has 1 aliphatic heterocycles. The van der Waals surface area contributed by atoms with Gasteiger partial charge in [-0.25, -0.2) is 0 Å². The van der Waals surface area contributed by atoms with E-state index < -0.39 is 5.91 Å². The van der Waals surface area contributed by atoms with Crippen LogP contribution >= 0.6 is 11.6 Å². The van der Waals surface area contributed by atoms with Gasteiger partial charge in [-0.3, -0.25) is 4.79 Å². The number of fused-ring (bicyclic) bond motifs is 1. The monoisotopic (exact) mass is 318 g/mol. The van der Waals surface area contributed by atoms with E-state index in [4.69, 9.17) is 26.8 Å². The maximum Gasteiger partial charge on any atom is 0.250 e. The molecule has 3 N–H and O–H groups in total. The number of nitrogens with one attached hydrogen (secondary N) is 1. The summed E-state index contributed by atoms with van der Waals surface area (Å²) in [6.45, 7) is 1.16. The molecule has 0 saturated carbocycles.